The van der Waals surface area contributed by atoms with Gasteiger partial charge in [0.05, 0.1) is 6.04 Å². The van der Waals surface area contributed by atoms with Crippen LogP contribution in [0.1, 0.15) is 33.0 Å². The average molecular weight is 321 g/mol. The molecule has 0 spiro atoms. The summed E-state index contributed by atoms with van der Waals surface area (Å²) in [5.41, 5.74) is -0.474. The molecule has 5 nitrogen and oxygen atoms in total. The maximum Gasteiger partial charge on any atom is 0.408 e. The summed E-state index contributed by atoms with van der Waals surface area (Å²) in [7, 11) is 0. The molecule has 1 N–H and O–H groups in total. The third-order valence-electron chi connectivity index (χ3n) is 3.24. The van der Waals surface area contributed by atoms with E-state index in [4.69, 9.17) is 4.74 Å². The van der Waals surface area contributed by atoms with E-state index in [1.807, 2.05) is 45.5 Å². The molecule has 2 atom stereocenters. The number of allylic oxidation sites excluding steroid dienone is 1. The van der Waals surface area contributed by atoms with Crippen LogP contribution >= 0.6 is 11.8 Å². The molecule has 2 rings (SSSR count). The van der Waals surface area contributed by atoms with E-state index in [1.54, 1.807) is 11.8 Å². The van der Waals surface area contributed by atoms with Gasteiger partial charge in [0.1, 0.15) is 11.4 Å². The normalized spacial score (nSPS) is 20.9. The van der Waals surface area contributed by atoms with Gasteiger partial charge in [-0.15, -0.1) is 11.8 Å². The first-order valence-corrected chi connectivity index (χ1v) is 8.61. The number of nitrogens with one attached hydrogen (secondary N) is 1. The molecule has 1 aromatic heterocycles. The van der Waals surface area contributed by atoms with Crippen LogP contribution in [-0.4, -0.2) is 34.0 Å². The number of amides is 1. The van der Waals surface area contributed by atoms with Gasteiger partial charge < -0.3 is 10.1 Å². The number of carbonyl (C=O) groups excluding carboxylic acids is 1. The maximum absolute atomic E-state index is 11.8. The fraction of sp³-hybridized carbons (Fsp3) is 0.562. The van der Waals surface area contributed by atoms with Gasteiger partial charge in [-0.05, 0) is 39.4 Å². The van der Waals surface area contributed by atoms with Gasteiger partial charge in [-0.25, -0.2) is 14.8 Å². The number of nitrogens with zero attached hydrogens (tertiary/aromatic N) is 2. The van der Waals surface area contributed by atoms with Crippen LogP contribution in [0.25, 0.3) is 0 Å². The predicted octanol–water partition coefficient (Wildman–Crippen LogP) is 3.21. The smallest absolute Gasteiger partial charge is 0.408 e. The van der Waals surface area contributed by atoms with Crippen molar-refractivity contribution in [1.29, 1.82) is 0 Å². The number of thioether (sulfide) groups is 1. The van der Waals surface area contributed by atoms with E-state index in [1.165, 1.54) is 0 Å². The zero-order valence-corrected chi connectivity index (χ0v) is 14.3. The van der Waals surface area contributed by atoms with Gasteiger partial charge in [-0.1, -0.05) is 12.2 Å². The highest BCUT2D eigenvalue weighted by molar-refractivity contribution is 7.98. The number of alkyl carbamates (subject to hydrolysis) is 1. The minimum atomic E-state index is -0.474. The van der Waals surface area contributed by atoms with Crippen molar-refractivity contribution in [2.75, 3.05) is 6.26 Å². The summed E-state index contributed by atoms with van der Waals surface area (Å²) in [6.07, 6.45) is 11.1. The Hall–Kier alpha value is -1.56. The first-order valence-electron chi connectivity index (χ1n) is 7.38. The number of carbonyl (C=O) groups is 1. The van der Waals surface area contributed by atoms with E-state index in [2.05, 4.69) is 21.4 Å². The van der Waals surface area contributed by atoms with Gasteiger partial charge in [-0.3, -0.25) is 0 Å². The SMILES string of the molecule is CSc1cnc(C[C@H]2C=C[C@H](NC(=O)OC(C)(C)C)C2)nc1. The molecule has 1 aromatic rings. The predicted molar refractivity (Wildman–Crippen MR) is 87.9 cm³/mol. The van der Waals surface area contributed by atoms with Gasteiger partial charge in [0.25, 0.3) is 0 Å². The zero-order valence-electron chi connectivity index (χ0n) is 13.5. The lowest BCUT2D eigenvalue weighted by Crippen LogP contribution is -2.37. The van der Waals surface area contributed by atoms with E-state index in [-0.39, 0.29) is 12.1 Å². The van der Waals surface area contributed by atoms with Gasteiger partial charge in [-0.2, -0.15) is 0 Å². The highest BCUT2D eigenvalue weighted by Gasteiger charge is 2.24. The minimum Gasteiger partial charge on any atom is -0.444 e. The van der Waals surface area contributed by atoms with E-state index < -0.39 is 5.60 Å². The molecule has 0 radical (unpaired) electrons. The molecular weight excluding hydrogens is 298 g/mol. The van der Waals surface area contributed by atoms with Crippen molar-refractivity contribution >= 4 is 17.9 Å². The van der Waals surface area contributed by atoms with E-state index in [9.17, 15) is 4.79 Å². The van der Waals surface area contributed by atoms with Crippen LogP contribution in [0.5, 0.6) is 0 Å². The van der Waals surface area contributed by atoms with Crippen LogP contribution in [0, 0.1) is 5.92 Å². The van der Waals surface area contributed by atoms with E-state index in [0.29, 0.717) is 5.92 Å². The van der Waals surface area contributed by atoms with Crippen molar-refractivity contribution in [2.24, 2.45) is 5.92 Å². The van der Waals surface area contributed by atoms with Crippen molar-refractivity contribution in [3.63, 3.8) is 0 Å². The largest absolute Gasteiger partial charge is 0.444 e. The second-order valence-electron chi connectivity index (χ2n) is 6.38. The Balaban J connectivity index is 1.80. The van der Waals surface area contributed by atoms with Crippen molar-refractivity contribution in [1.82, 2.24) is 15.3 Å². The fourth-order valence-electron chi connectivity index (χ4n) is 2.28. The quantitative estimate of drug-likeness (QED) is 0.681. The highest BCUT2D eigenvalue weighted by Crippen LogP contribution is 2.22. The highest BCUT2D eigenvalue weighted by atomic mass is 32.2. The summed E-state index contributed by atoms with van der Waals surface area (Å²) >= 11 is 1.63. The van der Waals surface area contributed by atoms with Gasteiger partial charge >= 0.3 is 6.09 Å². The molecule has 1 aliphatic carbocycles. The molecule has 0 fully saturated rings. The van der Waals surface area contributed by atoms with Crippen molar-refractivity contribution < 1.29 is 9.53 Å². The summed E-state index contributed by atoms with van der Waals surface area (Å²) in [5.74, 6) is 1.19. The molecule has 0 saturated carbocycles. The van der Waals surface area contributed by atoms with E-state index in [0.717, 1.165) is 23.6 Å². The van der Waals surface area contributed by atoms with Crippen LogP contribution in [0.4, 0.5) is 4.79 Å². The first kappa shape index (κ1) is 16.8. The number of rotatable bonds is 4. The average Bonchev–Trinajstić information content (AvgIpc) is 2.84. The second-order valence-corrected chi connectivity index (χ2v) is 7.26. The molecule has 1 aliphatic rings. The minimum absolute atomic E-state index is 0.0188. The standard InChI is InChI=1S/C16H23N3O2S/c1-16(2,3)21-15(20)19-12-6-5-11(7-12)8-14-17-9-13(22-4)10-18-14/h5-6,9-12H,7-8H2,1-4H3,(H,19,20)/t11-,12-/m0/s1. The first-order chi connectivity index (χ1) is 10.4. The van der Waals surface area contributed by atoms with Crippen LogP contribution in [0.2, 0.25) is 0 Å². The molecule has 0 unspecified atom stereocenters. The van der Waals surface area contributed by atoms with Crippen LogP contribution in [0.15, 0.2) is 29.4 Å². The van der Waals surface area contributed by atoms with Gasteiger partial charge in [0.15, 0.2) is 0 Å². The summed E-state index contributed by atoms with van der Waals surface area (Å²) in [4.78, 5) is 21.6. The van der Waals surface area contributed by atoms with Crippen LogP contribution in [0.3, 0.4) is 0 Å². The Morgan fingerprint density at radius 2 is 2.05 bits per heavy atom. The van der Waals surface area contributed by atoms with Gasteiger partial charge in [0.2, 0.25) is 0 Å². The molecule has 22 heavy (non-hydrogen) atoms. The zero-order chi connectivity index (χ0) is 16.2. The molecule has 0 saturated heterocycles. The van der Waals surface area contributed by atoms with Crippen LogP contribution < -0.4 is 5.32 Å². The molecule has 0 bridgehead atoms. The van der Waals surface area contributed by atoms with Crippen molar-refractivity contribution in [3.05, 3.63) is 30.4 Å². The number of ether oxygens (including phenoxy) is 1. The number of aromatic nitrogens is 2. The lowest BCUT2D eigenvalue weighted by Gasteiger charge is -2.21. The molecular formula is C16H23N3O2S. The van der Waals surface area contributed by atoms with E-state index >= 15 is 0 Å². The van der Waals surface area contributed by atoms with Gasteiger partial charge in [0, 0.05) is 23.7 Å². The topological polar surface area (TPSA) is 64.1 Å². The molecule has 6 heteroatoms. The summed E-state index contributed by atoms with van der Waals surface area (Å²) < 4.78 is 5.27. The van der Waals surface area contributed by atoms with Crippen LogP contribution in [-0.2, 0) is 11.2 Å². The lowest BCUT2D eigenvalue weighted by atomic mass is 10.0. The summed E-state index contributed by atoms with van der Waals surface area (Å²) in [6, 6.07) is 0.0188. The molecule has 0 aromatic carbocycles. The third-order valence-corrected chi connectivity index (χ3v) is 3.92. The molecule has 0 aliphatic heterocycles. The van der Waals surface area contributed by atoms with Crippen molar-refractivity contribution in [3.8, 4) is 0 Å². The fourth-order valence-corrected chi connectivity index (χ4v) is 2.60. The number of hydrogen-bond donors (Lipinski definition) is 1. The second kappa shape index (κ2) is 7.13. The molecule has 120 valence electrons. The monoisotopic (exact) mass is 321 g/mol. The Labute approximate surface area is 136 Å². The molecule has 1 heterocycles. The number of hydrogen-bond acceptors (Lipinski definition) is 5. The summed E-state index contributed by atoms with van der Waals surface area (Å²) in [5, 5.41) is 2.88. The third kappa shape index (κ3) is 5.33. The Kier molecular flexibility index (Phi) is 5.45. The maximum atomic E-state index is 11.8. The Morgan fingerprint density at radius 3 is 2.64 bits per heavy atom. The van der Waals surface area contributed by atoms with Crippen molar-refractivity contribution in [2.45, 2.75) is 50.2 Å². The Bertz CT molecular complexity index is 537. The Morgan fingerprint density at radius 1 is 1.36 bits per heavy atom. The lowest BCUT2D eigenvalue weighted by molar-refractivity contribution is 0.0513. The summed E-state index contributed by atoms with van der Waals surface area (Å²) in [6.45, 7) is 5.57. The molecule has 1 amide bonds.